The van der Waals surface area contributed by atoms with Crippen LogP contribution in [-0.4, -0.2) is 97.5 Å². The summed E-state index contributed by atoms with van der Waals surface area (Å²) in [4.78, 5) is 63.2. The molecule has 1 atom stereocenters. The van der Waals surface area contributed by atoms with Crippen molar-refractivity contribution in [1.82, 2.24) is 14.9 Å². The van der Waals surface area contributed by atoms with Crippen LogP contribution in [0, 0.1) is 0 Å². The molecule has 1 saturated heterocycles. The molecule has 1 fully saturated rings. The Morgan fingerprint density at radius 3 is 2.26 bits per heavy atom. The third-order valence-electron chi connectivity index (χ3n) is 5.87. The SMILES string of the molecule is CC(C)(C)OC(=O)N(CCC1CN(c2cnc3c(n2)N(COCC[Si](C)(C)C)C(=O)CO3)C(=O)O1)C(=O)OC(C)(C)C. The monoisotopic (exact) mass is 609 g/mol. The number of nitrogens with zero attached hydrogens (tertiary/aromatic N) is 5. The van der Waals surface area contributed by atoms with Gasteiger partial charge >= 0.3 is 18.3 Å². The predicted octanol–water partition coefficient (Wildman–Crippen LogP) is 4.40. The van der Waals surface area contributed by atoms with Crippen molar-refractivity contribution in [2.24, 2.45) is 0 Å². The molecule has 0 radical (unpaired) electrons. The lowest BCUT2D eigenvalue weighted by atomic mass is 10.2. The van der Waals surface area contributed by atoms with Gasteiger partial charge in [-0.05, 0) is 47.6 Å². The molecule has 2 aliphatic heterocycles. The summed E-state index contributed by atoms with van der Waals surface area (Å²) < 4.78 is 27.5. The van der Waals surface area contributed by atoms with Crippen LogP contribution in [-0.2, 0) is 23.7 Å². The number of amides is 4. The number of fused-ring (bicyclic) bond motifs is 1. The number of carbonyl (C=O) groups is 4. The van der Waals surface area contributed by atoms with Crippen LogP contribution < -0.4 is 14.5 Å². The first kappa shape index (κ1) is 33.0. The van der Waals surface area contributed by atoms with Crippen molar-refractivity contribution in [3.05, 3.63) is 6.20 Å². The van der Waals surface area contributed by atoms with Gasteiger partial charge in [-0.2, -0.15) is 0 Å². The Balaban J connectivity index is 1.70. The van der Waals surface area contributed by atoms with E-state index in [0.29, 0.717) is 6.61 Å². The molecule has 1 unspecified atom stereocenters. The van der Waals surface area contributed by atoms with E-state index in [1.807, 2.05) is 0 Å². The molecule has 234 valence electrons. The molecule has 1 aromatic heterocycles. The maximum Gasteiger partial charge on any atom is 0.419 e. The summed E-state index contributed by atoms with van der Waals surface area (Å²) in [5.74, 6) is 0.117. The number of hydrogen-bond donors (Lipinski definition) is 0. The lowest BCUT2D eigenvalue weighted by molar-refractivity contribution is -0.122. The normalized spacial score (nSPS) is 17.4. The number of cyclic esters (lactones) is 1. The zero-order valence-corrected chi connectivity index (χ0v) is 27.0. The average Bonchev–Trinajstić information content (AvgIpc) is 3.20. The summed E-state index contributed by atoms with van der Waals surface area (Å²) in [5, 5.41) is 0. The van der Waals surface area contributed by atoms with Gasteiger partial charge in [0.1, 0.15) is 24.0 Å². The van der Waals surface area contributed by atoms with E-state index >= 15 is 0 Å². The number of imide groups is 1. The molecule has 0 N–H and O–H groups in total. The molecule has 0 bridgehead atoms. The highest BCUT2D eigenvalue weighted by molar-refractivity contribution is 6.76. The molecule has 3 heterocycles. The van der Waals surface area contributed by atoms with Crippen LogP contribution in [0.4, 0.5) is 26.0 Å². The van der Waals surface area contributed by atoms with Crippen molar-refractivity contribution in [3.8, 4) is 5.88 Å². The van der Waals surface area contributed by atoms with E-state index in [2.05, 4.69) is 29.6 Å². The topological polar surface area (TPSA) is 150 Å². The molecule has 0 saturated carbocycles. The van der Waals surface area contributed by atoms with Crippen molar-refractivity contribution in [2.45, 2.75) is 91.0 Å². The lowest BCUT2D eigenvalue weighted by Gasteiger charge is -2.29. The number of carbonyl (C=O) groups excluding carboxylic acids is 4. The van der Waals surface area contributed by atoms with Crippen molar-refractivity contribution in [1.29, 1.82) is 0 Å². The zero-order valence-electron chi connectivity index (χ0n) is 26.0. The van der Waals surface area contributed by atoms with Gasteiger partial charge in [0.25, 0.3) is 11.8 Å². The highest BCUT2D eigenvalue weighted by atomic mass is 28.3. The first-order valence-corrected chi connectivity index (χ1v) is 17.6. The minimum absolute atomic E-state index is 0.0178. The van der Waals surface area contributed by atoms with Gasteiger partial charge in [0.05, 0.1) is 12.7 Å². The van der Waals surface area contributed by atoms with Crippen LogP contribution >= 0.6 is 0 Å². The fourth-order valence-electron chi connectivity index (χ4n) is 3.78. The number of anilines is 2. The Morgan fingerprint density at radius 2 is 1.69 bits per heavy atom. The predicted molar refractivity (Wildman–Crippen MR) is 155 cm³/mol. The van der Waals surface area contributed by atoms with Crippen molar-refractivity contribution < 1.29 is 42.9 Å². The molecule has 14 nitrogen and oxygen atoms in total. The van der Waals surface area contributed by atoms with Gasteiger partial charge in [0, 0.05) is 27.6 Å². The Labute approximate surface area is 247 Å². The molecule has 0 spiro atoms. The van der Waals surface area contributed by atoms with Crippen molar-refractivity contribution in [3.63, 3.8) is 0 Å². The standard InChI is InChI=1S/C27H43N5O9Si/c1-26(2,3)40-24(35)30(25(36)41-27(4,5)6)11-10-18-15-31(23(34)39-18)19-14-28-22-21(29-19)32(20(33)16-38-22)17-37-12-13-42(7,8)9/h14,18H,10-13,15-17H2,1-9H3. The minimum atomic E-state index is -1.32. The number of rotatable bonds is 9. The van der Waals surface area contributed by atoms with Crippen LogP contribution in [0.25, 0.3) is 0 Å². The lowest BCUT2D eigenvalue weighted by Crippen LogP contribution is -2.44. The summed E-state index contributed by atoms with van der Waals surface area (Å²) in [6.45, 7) is 17.1. The second-order valence-corrected chi connectivity index (χ2v) is 19.0. The highest BCUT2D eigenvalue weighted by Gasteiger charge is 2.38. The summed E-state index contributed by atoms with van der Waals surface area (Å²) in [5.41, 5.74) is -1.67. The minimum Gasteiger partial charge on any atom is -0.465 e. The second kappa shape index (κ2) is 12.8. The van der Waals surface area contributed by atoms with Crippen LogP contribution in [0.1, 0.15) is 48.0 Å². The molecular formula is C27H43N5O9Si. The molecule has 3 rings (SSSR count). The zero-order chi connectivity index (χ0) is 31.5. The highest BCUT2D eigenvalue weighted by Crippen LogP contribution is 2.31. The van der Waals surface area contributed by atoms with E-state index in [-0.39, 0.29) is 56.3 Å². The number of ether oxygens (including phenoxy) is 5. The van der Waals surface area contributed by atoms with Gasteiger partial charge in [0.2, 0.25) is 5.82 Å². The quantitative estimate of drug-likeness (QED) is 0.223. The third kappa shape index (κ3) is 9.54. The van der Waals surface area contributed by atoms with Gasteiger partial charge in [0.15, 0.2) is 12.4 Å². The van der Waals surface area contributed by atoms with Crippen LogP contribution in [0.2, 0.25) is 25.7 Å². The van der Waals surface area contributed by atoms with Crippen LogP contribution in [0.15, 0.2) is 6.20 Å². The van der Waals surface area contributed by atoms with Crippen molar-refractivity contribution >= 4 is 43.9 Å². The van der Waals surface area contributed by atoms with Crippen molar-refractivity contribution in [2.75, 3.05) is 42.8 Å². The molecule has 15 heteroatoms. The molecule has 42 heavy (non-hydrogen) atoms. The Morgan fingerprint density at radius 1 is 1.07 bits per heavy atom. The largest absolute Gasteiger partial charge is 0.465 e. The second-order valence-electron chi connectivity index (χ2n) is 13.3. The van der Waals surface area contributed by atoms with Crippen LogP contribution in [0.3, 0.4) is 0 Å². The first-order valence-electron chi connectivity index (χ1n) is 13.9. The molecular weight excluding hydrogens is 566 g/mol. The van der Waals surface area contributed by atoms with E-state index < -0.39 is 43.7 Å². The van der Waals surface area contributed by atoms with Gasteiger partial charge in [-0.3, -0.25) is 14.6 Å². The van der Waals surface area contributed by atoms with Gasteiger partial charge in [-0.1, -0.05) is 19.6 Å². The maximum atomic E-state index is 12.8. The smallest absolute Gasteiger partial charge is 0.419 e. The Hall–Kier alpha value is -3.46. The Bertz CT molecular complexity index is 1150. The van der Waals surface area contributed by atoms with E-state index in [1.165, 1.54) is 16.0 Å². The summed E-state index contributed by atoms with van der Waals surface area (Å²) in [6, 6.07) is 0.935. The summed E-state index contributed by atoms with van der Waals surface area (Å²) in [6.07, 6.45) is -1.61. The van der Waals surface area contributed by atoms with E-state index in [1.54, 1.807) is 41.5 Å². The van der Waals surface area contributed by atoms with Gasteiger partial charge in [-0.15, -0.1) is 0 Å². The van der Waals surface area contributed by atoms with Crippen LogP contribution in [0.5, 0.6) is 5.88 Å². The molecule has 4 amide bonds. The van der Waals surface area contributed by atoms with Gasteiger partial charge in [-0.25, -0.2) is 29.3 Å². The van der Waals surface area contributed by atoms with E-state index in [9.17, 15) is 19.2 Å². The molecule has 2 aliphatic rings. The molecule has 1 aromatic rings. The van der Waals surface area contributed by atoms with Gasteiger partial charge < -0.3 is 23.7 Å². The average molecular weight is 610 g/mol. The fourth-order valence-corrected chi connectivity index (χ4v) is 4.54. The third-order valence-corrected chi connectivity index (χ3v) is 7.57. The first-order chi connectivity index (χ1) is 19.3. The summed E-state index contributed by atoms with van der Waals surface area (Å²) >= 11 is 0. The number of hydrogen-bond acceptors (Lipinski definition) is 11. The molecule has 0 aromatic carbocycles. The number of aromatic nitrogens is 2. The van der Waals surface area contributed by atoms with E-state index in [4.69, 9.17) is 23.7 Å². The summed E-state index contributed by atoms with van der Waals surface area (Å²) in [7, 11) is -1.32. The fraction of sp³-hybridized carbons (Fsp3) is 0.704. The maximum absolute atomic E-state index is 12.8. The Kier molecular flexibility index (Phi) is 10.1. The molecule has 0 aliphatic carbocycles. The van der Waals surface area contributed by atoms with E-state index in [0.717, 1.165) is 10.9 Å².